The van der Waals surface area contributed by atoms with Crippen LogP contribution >= 0.6 is 23.2 Å². The van der Waals surface area contributed by atoms with Crippen LogP contribution in [-0.2, 0) is 39.1 Å². The predicted octanol–water partition coefficient (Wildman–Crippen LogP) is 6.80. The van der Waals surface area contributed by atoms with Crippen LogP contribution in [0.5, 0.6) is 0 Å². The van der Waals surface area contributed by atoms with Gasteiger partial charge in [-0.25, -0.2) is 8.42 Å². The number of nitrogens with one attached hydrogen (secondary N) is 1. The van der Waals surface area contributed by atoms with Crippen molar-refractivity contribution in [3.8, 4) is 0 Å². The number of amides is 2. The van der Waals surface area contributed by atoms with Crippen molar-refractivity contribution in [1.29, 1.82) is 0 Å². The topological polar surface area (TPSA) is 86.8 Å². The zero-order chi connectivity index (χ0) is 31.8. The molecule has 0 radical (unpaired) electrons. The fourth-order valence-corrected chi connectivity index (χ4v) is 7.18. The van der Waals surface area contributed by atoms with Crippen molar-refractivity contribution in [1.82, 2.24) is 14.5 Å². The summed E-state index contributed by atoms with van der Waals surface area (Å²) in [6.07, 6.45) is 2.25. The number of sulfonamides is 1. The molecular formula is C35H35Cl2N3O4S. The van der Waals surface area contributed by atoms with Crippen LogP contribution in [0.3, 0.4) is 0 Å². The third-order valence-corrected chi connectivity index (χ3v) is 10.3. The van der Waals surface area contributed by atoms with Crippen LogP contribution in [0.2, 0.25) is 10.0 Å². The van der Waals surface area contributed by atoms with E-state index in [-0.39, 0.29) is 36.2 Å². The summed E-state index contributed by atoms with van der Waals surface area (Å²) in [6, 6.07) is 29.5. The fraction of sp³-hybridized carbons (Fsp3) is 0.257. The van der Waals surface area contributed by atoms with E-state index in [4.69, 9.17) is 23.2 Å². The second-order valence-corrected chi connectivity index (χ2v) is 13.9. The lowest BCUT2D eigenvalue weighted by Crippen LogP contribution is -2.43. The van der Waals surface area contributed by atoms with Gasteiger partial charge in [-0.2, -0.15) is 4.31 Å². The van der Waals surface area contributed by atoms with Crippen molar-refractivity contribution in [2.45, 2.75) is 49.7 Å². The van der Waals surface area contributed by atoms with E-state index in [1.165, 1.54) is 4.31 Å². The van der Waals surface area contributed by atoms with Gasteiger partial charge in [-0.05, 0) is 77.9 Å². The van der Waals surface area contributed by atoms with Crippen LogP contribution in [0, 0.1) is 0 Å². The first kappa shape index (κ1) is 32.7. The molecule has 1 aliphatic heterocycles. The lowest BCUT2D eigenvalue weighted by Gasteiger charge is -2.32. The van der Waals surface area contributed by atoms with Crippen LogP contribution in [0.15, 0.2) is 108 Å². The molecule has 1 saturated heterocycles. The van der Waals surface area contributed by atoms with Crippen LogP contribution in [0.4, 0.5) is 0 Å². The first-order valence-electron chi connectivity index (χ1n) is 14.9. The van der Waals surface area contributed by atoms with Gasteiger partial charge in [0.25, 0.3) is 0 Å². The number of benzene rings is 4. The molecule has 4 aromatic rings. The highest BCUT2D eigenvalue weighted by atomic mass is 35.5. The third-order valence-electron chi connectivity index (χ3n) is 7.90. The highest BCUT2D eigenvalue weighted by molar-refractivity contribution is 7.89. The first-order chi connectivity index (χ1) is 21.7. The minimum atomic E-state index is -3.52. The molecule has 1 unspecified atom stereocenters. The van der Waals surface area contributed by atoms with E-state index < -0.39 is 16.1 Å². The molecule has 1 fully saturated rings. The Balaban J connectivity index is 1.37. The summed E-state index contributed by atoms with van der Waals surface area (Å²) in [7, 11) is -3.52. The minimum Gasteiger partial charge on any atom is -0.350 e. The smallest absolute Gasteiger partial charge is 0.247 e. The van der Waals surface area contributed by atoms with E-state index in [0.717, 1.165) is 29.5 Å². The van der Waals surface area contributed by atoms with Gasteiger partial charge in [-0.3, -0.25) is 9.59 Å². The van der Waals surface area contributed by atoms with Gasteiger partial charge in [-0.15, -0.1) is 0 Å². The maximum absolute atomic E-state index is 14.0. The first-order valence-corrected chi connectivity index (χ1v) is 17.1. The molecule has 0 aromatic heterocycles. The van der Waals surface area contributed by atoms with Gasteiger partial charge in [0.1, 0.15) is 6.04 Å². The quantitative estimate of drug-likeness (QED) is 0.181. The summed E-state index contributed by atoms with van der Waals surface area (Å²) < 4.78 is 27.4. The maximum Gasteiger partial charge on any atom is 0.247 e. The average molecular weight is 665 g/mol. The predicted molar refractivity (Wildman–Crippen MR) is 177 cm³/mol. The number of hydrogen-bond acceptors (Lipinski definition) is 4. The number of hydrogen-bond donors (Lipinski definition) is 1. The Morgan fingerprint density at radius 1 is 0.756 bits per heavy atom. The molecule has 1 N–H and O–H groups in total. The minimum absolute atomic E-state index is 0.125. The Morgan fingerprint density at radius 2 is 1.31 bits per heavy atom. The Kier molecular flexibility index (Phi) is 10.9. The van der Waals surface area contributed by atoms with Crippen molar-refractivity contribution in [3.05, 3.63) is 135 Å². The van der Waals surface area contributed by atoms with Crippen molar-refractivity contribution in [3.63, 3.8) is 0 Å². The summed E-state index contributed by atoms with van der Waals surface area (Å²) in [6.45, 7) is 1.54. The van der Waals surface area contributed by atoms with Gasteiger partial charge in [0.2, 0.25) is 21.8 Å². The number of carbonyl (C=O) groups is 2. The number of nitrogens with zero attached hydrogens (tertiary/aromatic N) is 2. The largest absolute Gasteiger partial charge is 0.350 e. The lowest BCUT2D eigenvalue weighted by atomic mass is 10.0. The molecule has 1 aliphatic rings. The molecule has 234 valence electrons. The Bertz CT molecular complexity index is 1690. The average Bonchev–Trinajstić information content (AvgIpc) is 3.61. The summed E-state index contributed by atoms with van der Waals surface area (Å²) in [5, 5.41) is 4.19. The maximum atomic E-state index is 14.0. The number of aryl methyl sites for hydroxylation is 1. The molecule has 1 atom stereocenters. The molecule has 4 aromatic carbocycles. The van der Waals surface area contributed by atoms with E-state index in [2.05, 4.69) is 5.32 Å². The molecule has 7 nitrogen and oxygen atoms in total. The molecule has 0 aliphatic carbocycles. The van der Waals surface area contributed by atoms with E-state index in [1.807, 2.05) is 54.6 Å². The number of halogens is 2. The Morgan fingerprint density at radius 3 is 1.91 bits per heavy atom. The lowest BCUT2D eigenvalue weighted by molar-refractivity contribution is -0.141. The molecule has 2 amide bonds. The highest BCUT2D eigenvalue weighted by Gasteiger charge is 2.31. The summed E-state index contributed by atoms with van der Waals surface area (Å²) in [5.41, 5.74) is 3.23. The molecule has 0 spiro atoms. The SMILES string of the molecule is O=C(NCc1ccc(Cl)cc1)C(c1ccccc1)N(Cc1ccc(Cl)cc1)C(=O)CCc1ccc(S(=O)(=O)N2CCCC2)cc1. The van der Waals surface area contributed by atoms with Crippen LogP contribution in [0.1, 0.15) is 47.6 Å². The molecule has 1 heterocycles. The van der Waals surface area contributed by atoms with E-state index in [9.17, 15) is 18.0 Å². The zero-order valence-corrected chi connectivity index (χ0v) is 27.1. The van der Waals surface area contributed by atoms with Gasteiger partial charge in [0.15, 0.2) is 0 Å². The van der Waals surface area contributed by atoms with Gasteiger partial charge in [0.05, 0.1) is 4.90 Å². The van der Waals surface area contributed by atoms with Crippen LogP contribution in [0.25, 0.3) is 0 Å². The molecule has 45 heavy (non-hydrogen) atoms. The third kappa shape index (κ3) is 8.52. The Hall–Kier alpha value is -3.69. The van der Waals surface area contributed by atoms with Gasteiger partial charge >= 0.3 is 0 Å². The second-order valence-electron chi connectivity index (χ2n) is 11.1. The van der Waals surface area contributed by atoms with Crippen LogP contribution < -0.4 is 5.32 Å². The van der Waals surface area contributed by atoms with Gasteiger partial charge in [-0.1, -0.05) is 89.9 Å². The highest BCUT2D eigenvalue weighted by Crippen LogP contribution is 2.27. The van der Waals surface area contributed by atoms with Crippen molar-refractivity contribution in [2.24, 2.45) is 0 Å². The monoisotopic (exact) mass is 663 g/mol. The molecule has 0 saturated carbocycles. The summed E-state index contributed by atoms with van der Waals surface area (Å²) in [5.74, 6) is -0.524. The number of rotatable bonds is 12. The van der Waals surface area contributed by atoms with Gasteiger partial charge < -0.3 is 10.2 Å². The van der Waals surface area contributed by atoms with Gasteiger partial charge in [0, 0.05) is 42.6 Å². The summed E-state index contributed by atoms with van der Waals surface area (Å²) in [4.78, 5) is 29.8. The zero-order valence-electron chi connectivity index (χ0n) is 24.7. The van der Waals surface area contributed by atoms with Crippen LogP contribution in [-0.4, -0.2) is 42.5 Å². The second kappa shape index (κ2) is 15.1. The molecule has 0 bridgehead atoms. The van der Waals surface area contributed by atoms with Crippen molar-refractivity contribution >= 4 is 45.0 Å². The van der Waals surface area contributed by atoms with Crippen molar-refractivity contribution < 1.29 is 18.0 Å². The fourth-order valence-electron chi connectivity index (χ4n) is 5.41. The standard InChI is InChI=1S/C35H35Cl2N3O4S/c36-30-15-8-27(9-16-30)24-38-35(42)34(29-6-2-1-3-7-29)40(25-28-10-17-31(37)18-11-28)33(41)21-14-26-12-19-32(20-13-26)45(43,44)39-22-4-5-23-39/h1-3,6-13,15-20,34H,4-5,14,21-25H2,(H,38,42). The van der Waals surface area contributed by atoms with E-state index >= 15 is 0 Å². The molecule has 10 heteroatoms. The normalized spacial score (nSPS) is 14.2. The molecular weight excluding hydrogens is 629 g/mol. The number of carbonyl (C=O) groups excluding carboxylic acids is 2. The summed E-state index contributed by atoms with van der Waals surface area (Å²) >= 11 is 12.2. The Labute approximate surface area is 274 Å². The van der Waals surface area contributed by atoms with E-state index in [1.54, 1.807) is 53.4 Å². The van der Waals surface area contributed by atoms with E-state index in [0.29, 0.717) is 35.1 Å². The van der Waals surface area contributed by atoms with Crippen molar-refractivity contribution in [2.75, 3.05) is 13.1 Å². The molecule has 5 rings (SSSR count).